The molecular weight excluding hydrogens is 543 g/mol. The zero-order chi connectivity index (χ0) is 28.4. The first-order valence-corrected chi connectivity index (χ1v) is 14.4. The molecule has 9 heteroatoms. The molecule has 0 atom stereocenters. The number of fused-ring (bicyclic) bond motifs is 1. The van der Waals surface area contributed by atoms with Crippen LogP contribution in [-0.2, 0) is 13.1 Å². The first kappa shape index (κ1) is 28.9. The molecule has 41 heavy (non-hydrogen) atoms. The number of ether oxygens (including phenoxy) is 2. The van der Waals surface area contributed by atoms with Crippen molar-refractivity contribution in [2.75, 3.05) is 52.7 Å². The minimum Gasteiger partial charge on any atom is -0.492 e. The Morgan fingerprint density at radius 2 is 1.63 bits per heavy atom. The smallest absolute Gasteiger partial charge is 0.253 e. The maximum Gasteiger partial charge on any atom is 0.253 e. The van der Waals surface area contributed by atoms with E-state index in [2.05, 4.69) is 15.1 Å². The number of aryl methyl sites for hydroxylation is 1. The van der Waals surface area contributed by atoms with Gasteiger partial charge in [0, 0.05) is 62.4 Å². The van der Waals surface area contributed by atoms with E-state index in [1.54, 1.807) is 18.2 Å². The minimum absolute atomic E-state index is 0.196. The number of carbonyl (C=O) groups excluding carboxylic acids is 1. The SMILES string of the molecule is O=C(NCc1cccc(Cl)c1)c1cn(CCCN2CCN(CCOc3ccccc3)CC2)c2c(OCF)cccc12. The molecule has 0 saturated carbocycles. The molecule has 7 nitrogen and oxygen atoms in total. The molecule has 1 fully saturated rings. The van der Waals surface area contributed by atoms with Crippen molar-refractivity contribution in [3.8, 4) is 11.5 Å². The number of carbonyl (C=O) groups is 1. The van der Waals surface area contributed by atoms with E-state index in [9.17, 15) is 9.18 Å². The average molecular weight is 579 g/mol. The highest BCUT2D eigenvalue weighted by Crippen LogP contribution is 2.31. The molecule has 3 aromatic carbocycles. The number of para-hydroxylation sites is 2. The average Bonchev–Trinajstić information content (AvgIpc) is 3.37. The highest BCUT2D eigenvalue weighted by Gasteiger charge is 2.20. The number of amides is 1. The van der Waals surface area contributed by atoms with Crippen LogP contribution in [0.4, 0.5) is 4.39 Å². The van der Waals surface area contributed by atoms with E-state index >= 15 is 0 Å². The van der Waals surface area contributed by atoms with Crippen LogP contribution < -0.4 is 14.8 Å². The number of nitrogens with one attached hydrogen (secondary N) is 1. The van der Waals surface area contributed by atoms with Crippen molar-refractivity contribution < 1.29 is 18.7 Å². The van der Waals surface area contributed by atoms with E-state index in [1.165, 1.54) is 0 Å². The first-order chi connectivity index (χ1) is 20.1. The molecular formula is C32H36ClFN4O3. The maximum atomic E-state index is 13.2. The topological polar surface area (TPSA) is 59.0 Å². The monoisotopic (exact) mass is 578 g/mol. The van der Waals surface area contributed by atoms with Crippen LogP contribution in [0.2, 0.25) is 5.02 Å². The summed E-state index contributed by atoms with van der Waals surface area (Å²) in [4.78, 5) is 18.1. The van der Waals surface area contributed by atoms with Gasteiger partial charge in [-0.3, -0.25) is 9.69 Å². The molecule has 0 radical (unpaired) electrons. The number of halogens is 2. The molecule has 0 spiro atoms. The molecule has 4 aromatic rings. The fourth-order valence-corrected chi connectivity index (χ4v) is 5.51. The van der Waals surface area contributed by atoms with Crippen LogP contribution in [0, 0.1) is 0 Å². The first-order valence-electron chi connectivity index (χ1n) is 14.1. The summed E-state index contributed by atoms with van der Waals surface area (Å²) in [7, 11) is 0. The Kier molecular flexibility index (Phi) is 10.1. The van der Waals surface area contributed by atoms with E-state index in [4.69, 9.17) is 21.1 Å². The zero-order valence-corrected chi connectivity index (χ0v) is 23.9. The molecule has 0 unspecified atom stereocenters. The largest absolute Gasteiger partial charge is 0.492 e. The molecule has 1 aromatic heterocycles. The quantitative estimate of drug-likeness (QED) is 0.223. The number of alkyl halides is 1. The summed E-state index contributed by atoms with van der Waals surface area (Å²) in [6.07, 6.45) is 2.75. The molecule has 1 aliphatic heterocycles. The lowest BCUT2D eigenvalue weighted by Gasteiger charge is -2.34. The number of hydrogen-bond acceptors (Lipinski definition) is 5. The van der Waals surface area contributed by atoms with Crippen LogP contribution in [0.15, 0.2) is 79.0 Å². The Balaban J connectivity index is 1.16. The van der Waals surface area contributed by atoms with E-state index in [-0.39, 0.29) is 5.91 Å². The van der Waals surface area contributed by atoms with Crippen LogP contribution in [-0.4, -0.2) is 73.0 Å². The normalized spacial score (nSPS) is 14.3. The number of nitrogens with zero attached hydrogens (tertiary/aromatic N) is 3. The molecule has 216 valence electrons. The molecule has 0 aliphatic carbocycles. The second kappa shape index (κ2) is 14.3. The van der Waals surface area contributed by atoms with Gasteiger partial charge in [0.1, 0.15) is 18.1 Å². The van der Waals surface area contributed by atoms with Crippen molar-refractivity contribution in [1.29, 1.82) is 0 Å². The summed E-state index contributed by atoms with van der Waals surface area (Å²) in [6.45, 7) is 6.69. The maximum absolute atomic E-state index is 13.2. The van der Waals surface area contributed by atoms with Crippen LogP contribution >= 0.6 is 11.6 Å². The van der Waals surface area contributed by atoms with Crippen molar-refractivity contribution in [3.63, 3.8) is 0 Å². The van der Waals surface area contributed by atoms with Gasteiger partial charge in [0.15, 0.2) is 0 Å². The Morgan fingerprint density at radius 1 is 0.878 bits per heavy atom. The molecule has 0 bridgehead atoms. The minimum atomic E-state index is -0.929. The molecule has 1 amide bonds. The van der Waals surface area contributed by atoms with E-state index in [0.29, 0.717) is 36.0 Å². The van der Waals surface area contributed by atoms with Crippen molar-refractivity contribution in [2.45, 2.75) is 19.5 Å². The lowest BCUT2D eigenvalue weighted by Crippen LogP contribution is -2.47. The number of hydrogen-bond donors (Lipinski definition) is 1. The van der Waals surface area contributed by atoms with Gasteiger partial charge in [0.05, 0.1) is 11.1 Å². The molecule has 1 N–H and O–H groups in total. The molecule has 1 aliphatic rings. The van der Waals surface area contributed by atoms with Gasteiger partial charge in [-0.05, 0) is 48.9 Å². The molecule has 1 saturated heterocycles. The van der Waals surface area contributed by atoms with Gasteiger partial charge in [0.2, 0.25) is 6.86 Å². The van der Waals surface area contributed by atoms with Gasteiger partial charge in [-0.2, -0.15) is 0 Å². The van der Waals surface area contributed by atoms with Gasteiger partial charge in [-0.25, -0.2) is 4.39 Å². The second-order valence-electron chi connectivity index (χ2n) is 10.2. The predicted molar refractivity (Wildman–Crippen MR) is 161 cm³/mol. The van der Waals surface area contributed by atoms with Crippen molar-refractivity contribution in [3.05, 3.63) is 95.1 Å². The number of piperazine rings is 1. The summed E-state index contributed by atoms with van der Waals surface area (Å²) in [5.74, 6) is 1.15. The van der Waals surface area contributed by atoms with E-state index in [1.807, 2.05) is 65.4 Å². The highest BCUT2D eigenvalue weighted by atomic mass is 35.5. The molecule has 2 heterocycles. The second-order valence-corrected chi connectivity index (χ2v) is 10.6. The summed E-state index contributed by atoms with van der Waals surface area (Å²) in [6, 6.07) is 22.7. The Bertz CT molecular complexity index is 1420. The lowest BCUT2D eigenvalue weighted by molar-refractivity contribution is 0.0952. The van der Waals surface area contributed by atoms with Crippen LogP contribution in [0.1, 0.15) is 22.3 Å². The Labute approximate surface area is 245 Å². The number of aromatic nitrogens is 1. The third kappa shape index (κ3) is 7.79. The van der Waals surface area contributed by atoms with Gasteiger partial charge in [0.25, 0.3) is 5.91 Å². The van der Waals surface area contributed by atoms with E-state index in [0.717, 1.165) is 67.9 Å². The third-order valence-electron chi connectivity index (χ3n) is 7.42. The van der Waals surface area contributed by atoms with Gasteiger partial charge in [-0.1, -0.05) is 54.1 Å². The highest BCUT2D eigenvalue weighted by molar-refractivity contribution is 6.30. The lowest BCUT2D eigenvalue weighted by atomic mass is 10.1. The van der Waals surface area contributed by atoms with Crippen LogP contribution in [0.5, 0.6) is 11.5 Å². The van der Waals surface area contributed by atoms with Crippen molar-refractivity contribution in [1.82, 2.24) is 19.7 Å². The number of rotatable bonds is 13. The summed E-state index contributed by atoms with van der Waals surface area (Å²) in [5.41, 5.74) is 2.19. The van der Waals surface area contributed by atoms with Crippen LogP contribution in [0.25, 0.3) is 10.9 Å². The summed E-state index contributed by atoms with van der Waals surface area (Å²) in [5, 5.41) is 4.35. The van der Waals surface area contributed by atoms with Crippen LogP contribution in [0.3, 0.4) is 0 Å². The fraction of sp³-hybridized carbons (Fsp3) is 0.344. The van der Waals surface area contributed by atoms with Gasteiger partial charge < -0.3 is 24.3 Å². The molecule has 5 rings (SSSR count). The number of benzene rings is 3. The standard InChI is InChI=1S/C32H36ClFN4O3/c33-26-8-4-7-25(21-26)22-35-32(39)29-23-38(31-28(29)11-5-12-30(31)41-24-34)14-6-13-36-15-17-37(18-16-36)19-20-40-27-9-2-1-3-10-27/h1-5,7-12,21,23H,6,13-20,22,24H2,(H,35,39). The van der Waals surface area contributed by atoms with Gasteiger partial charge in [-0.15, -0.1) is 0 Å². The Hall–Kier alpha value is -3.59. The predicted octanol–water partition coefficient (Wildman–Crippen LogP) is 5.62. The Morgan fingerprint density at radius 3 is 2.39 bits per heavy atom. The van der Waals surface area contributed by atoms with Crippen molar-refractivity contribution in [2.24, 2.45) is 0 Å². The van der Waals surface area contributed by atoms with Crippen molar-refractivity contribution >= 4 is 28.4 Å². The van der Waals surface area contributed by atoms with Gasteiger partial charge >= 0.3 is 0 Å². The van der Waals surface area contributed by atoms with E-state index < -0.39 is 6.86 Å². The summed E-state index contributed by atoms with van der Waals surface area (Å²) >= 11 is 6.09. The summed E-state index contributed by atoms with van der Waals surface area (Å²) < 4.78 is 26.4. The third-order valence-corrected chi connectivity index (χ3v) is 7.65. The zero-order valence-electron chi connectivity index (χ0n) is 23.1. The fourth-order valence-electron chi connectivity index (χ4n) is 5.29.